The van der Waals surface area contributed by atoms with Crippen molar-refractivity contribution in [3.8, 4) is 11.3 Å². The van der Waals surface area contributed by atoms with E-state index in [1.807, 2.05) is 18.2 Å². The van der Waals surface area contributed by atoms with Crippen molar-refractivity contribution in [3.05, 3.63) is 40.8 Å². The second-order valence-electron chi connectivity index (χ2n) is 5.52. The first-order valence-electron chi connectivity index (χ1n) is 7.49. The molecule has 6 heteroatoms. The largest absolute Gasteiger partial charge is 0.394 e. The lowest BCUT2D eigenvalue weighted by molar-refractivity contribution is 0.0699. The molecule has 0 radical (unpaired) electrons. The Labute approximate surface area is 128 Å². The van der Waals surface area contributed by atoms with Gasteiger partial charge in [0.2, 0.25) is 0 Å². The number of ether oxygens (including phenoxy) is 1. The number of pyridine rings is 2. The van der Waals surface area contributed by atoms with Gasteiger partial charge in [0, 0.05) is 31.5 Å². The van der Waals surface area contributed by atoms with Crippen LogP contribution < -0.4 is 16.6 Å². The number of aromatic nitrogens is 2. The molecular weight excluding hydrogens is 280 g/mol. The Bertz CT molecular complexity index is 693. The maximum Gasteiger partial charge on any atom is 0.271 e. The monoisotopic (exact) mass is 300 g/mol. The highest BCUT2D eigenvalue weighted by Gasteiger charge is 2.13. The number of nitrogens with two attached hydrogens (primary N) is 1. The first-order chi connectivity index (χ1) is 10.7. The molecule has 1 aliphatic heterocycles. The van der Waals surface area contributed by atoms with E-state index in [4.69, 9.17) is 10.5 Å². The molecule has 3 heterocycles. The normalized spacial score (nSPS) is 15.6. The van der Waals surface area contributed by atoms with Crippen LogP contribution in [0, 0.1) is 5.92 Å². The third-order valence-corrected chi connectivity index (χ3v) is 3.89. The molecule has 1 fully saturated rings. The molecule has 2 aromatic heterocycles. The van der Waals surface area contributed by atoms with Crippen molar-refractivity contribution in [1.82, 2.24) is 9.97 Å². The molecule has 0 bridgehead atoms. The number of hydrogen-bond donors (Lipinski definition) is 3. The Morgan fingerprint density at radius 2 is 2.18 bits per heavy atom. The van der Waals surface area contributed by atoms with Crippen LogP contribution in [-0.2, 0) is 4.74 Å². The van der Waals surface area contributed by atoms with Crippen molar-refractivity contribution in [1.29, 1.82) is 0 Å². The van der Waals surface area contributed by atoms with Crippen LogP contribution in [0.5, 0.6) is 0 Å². The molecule has 0 spiro atoms. The van der Waals surface area contributed by atoms with Gasteiger partial charge in [-0.1, -0.05) is 6.07 Å². The SMILES string of the molecule is Nc1cc(-c2cccc(NCC3CCOCC3)n2)c[nH]c1=O. The van der Waals surface area contributed by atoms with Crippen molar-refractivity contribution in [3.63, 3.8) is 0 Å². The van der Waals surface area contributed by atoms with Crippen molar-refractivity contribution < 1.29 is 4.74 Å². The van der Waals surface area contributed by atoms with Crippen molar-refractivity contribution >= 4 is 11.5 Å². The molecule has 0 saturated carbocycles. The topological polar surface area (TPSA) is 93.0 Å². The Morgan fingerprint density at radius 3 is 2.95 bits per heavy atom. The lowest BCUT2D eigenvalue weighted by Gasteiger charge is -2.22. The number of H-pyrrole nitrogens is 1. The second kappa shape index (κ2) is 6.62. The van der Waals surface area contributed by atoms with Gasteiger partial charge in [-0.3, -0.25) is 4.79 Å². The van der Waals surface area contributed by atoms with Crippen molar-refractivity contribution in [2.75, 3.05) is 30.8 Å². The molecule has 22 heavy (non-hydrogen) atoms. The molecule has 0 atom stereocenters. The van der Waals surface area contributed by atoms with Crippen LogP contribution in [0.4, 0.5) is 11.5 Å². The minimum atomic E-state index is -0.280. The lowest BCUT2D eigenvalue weighted by Crippen LogP contribution is -2.22. The van der Waals surface area contributed by atoms with E-state index in [0.29, 0.717) is 5.92 Å². The molecule has 0 aliphatic carbocycles. The smallest absolute Gasteiger partial charge is 0.271 e. The zero-order valence-corrected chi connectivity index (χ0v) is 12.3. The fraction of sp³-hybridized carbons (Fsp3) is 0.375. The highest BCUT2D eigenvalue weighted by atomic mass is 16.5. The van der Waals surface area contributed by atoms with Gasteiger partial charge < -0.3 is 20.8 Å². The predicted molar refractivity (Wildman–Crippen MR) is 86.7 cm³/mol. The third kappa shape index (κ3) is 3.46. The standard InChI is InChI=1S/C16H20N4O2/c17-13-8-12(10-19-16(13)21)14-2-1-3-15(20-14)18-9-11-4-6-22-7-5-11/h1-3,8,10-11H,4-7,9,17H2,(H,18,20)(H,19,21). The molecule has 4 N–H and O–H groups in total. The average molecular weight is 300 g/mol. The van der Waals surface area contributed by atoms with Gasteiger partial charge >= 0.3 is 0 Å². The van der Waals surface area contributed by atoms with E-state index in [2.05, 4.69) is 15.3 Å². The summed E-state index contributed by atoms with van der Waals surface area (Å²) in [5.74, 6) is 1.46. The Balaban J connectivity index is 1.71. The summed E-state index contributed by atoms with van der Waals surface area (Å²) in [5.41, 5.74) is 7.14. The van der Waals surface area contributed by atoms with Crippen LogP contribution in [-0.4, -0.2) is 29.7 Å². The van der Waals surface area contributed by atoms with E-state index in [-0.39, 0.29) is 11.2 Å². The van der Waals surface area contributed by atoms with E-state index in [9.17, 15) is 4.79 Å². The summed E-state index contributed by atoms with van der Waals surface area (Å²) in [7, 11) is 0. The van der Waals surface area contributed by atoms with E-state index in [0.717, 1.165) is 49.7 Å². The van der Waals surface area contributed by atoms with Crippen LogP contribution in [0.1, 0.15) is 12.8 Å². The van der Waals surface area contributed by atoms with Gasteiger partial charge in [-0.25, -0.2) is 4.98 Å². The summed E-state index contributed by atoms with van der Waals surface area (Å²) in [6, 6.07) is 7.42. The van der Waals surface area contributed by atoms with Crippen molar-refractivity contribution in [2.24, 2.45) is 5.92 Å². The molecular formula is C16H20N4O2. The predicted octanol–water partition coefficient (Wildman–Crippen LogP) is 1.86. The van der Waals surface area contributed by atoms with Gasteiger partial charge in [0.25, 0.3) is 5.56 Å². The number of nitrogens with zero attached hydrogens (tertiary/aromatic N) is 1. The molecule has 0 amide bonds. The molecule has 1 aliphatic rings. The number of anilines is 2. The van der Waals surface area contributed by atoms with E-state index >= 15 is 0 Å². The van der Waals surface area contributed by atoms with Crippen LogP contribution >= 0.6 is 0 Å². The van der Waals surface area contributed by atoms with E-state index in [1.54, 1.807) is 12.3 Å². The van der Waals surface area contributed by atoms with Crippen LogP contribution in [0.3, 0.4) is 0 Å². The molecule has 1 saturated heterocycles. The van der Waals surface area contributed by atoms with Crippen LogP contribution in [0.25, 0.3) is 11.3 Å². The second-order valence-corrected chi connectivity index (χ2v) is 5.52. The highest BCUT2D eigenvalue weighted by molar-refractivity contribution is 5.63. The van der Waals surface area contributed by atoms with Gasteiger partial charge in [-0.2, -0.15) is 0 Å². The summed E-state index contributed by atoms with van der Waals surface area (Å²) >= 11 is 0. The summed E-state index contributed by atoms with van der Waals surface area (Å²) in [6.07, 6.45) is 3.80. The summed E-state index contributed by atoms with van der Waals surface area (Å²) in [6.45, 7) is 2.58. The van der Waals surface area contributed by atoms with Gasteiger partial charge in [-0.15, -0.1) is 0 Å². The van der Waals surface area contributed by atoms with E-state index in [1.165, 1.54) is 0 Å². The molecule has 0 unspecified atom stereocenters. The molecule has 3 rings (SSSR count). The molecule has 6 nitrogen and oxygen atoms in total. The summed E-state index contributed by atoms with van der Waals surface area (Å²) in [4.78, 5) is 18.5. The maximum absolute atomic E-state index is 11.3. The zero-order chi connectivity index (χ0) is 15.4. The first kappa shape index (κ1) is 14.6. The Hall–Kier alpha value is -2.34. The zero-order valence-electron chi connectivity index (χ0n) is 12.3. The first-order valence-corrected chi connectivity index (χ1v) is 7.49. The van der Waals surface area contributed by atoms with Gasteiger partial charge in [0.05, 0.1) is 11.4 Å². The maximum atomic E-state index is 11.3. The number of hydrogen-bond acceptors (Lipinski definition) is 5. The average Bonchev–Trinajstić information content (AvgIpc) is 2.57. The summed E-state index contributed by atoms with van der Waals surface area (Å²) in [5, 5.41) is 3.38. The molecule has 116 valence electrons. The minimum Gasteiger partial charge on any atom is -0.394 e. The van der Waals surface area contributed by atoms with Crippen LogP contribution in [0.15, 0.2) is 35.3 Å². The fourth-order valence-electron chi connectivity index (χ4n) is 2.54. The van der Waals surface area contributed by atoms with Gasteiger partial charge in [0.1, 0.15) is 5.82 Å². The van der Waals surface area contributed by atoms with E-state index < -0.39 is 0 Å². The third-order valence-electron chi connectivity index (χ3n) is 3.89. The number of aromatic amines is 1. The molecule has 0 aromatic carbocycles. The Kier molecular flexibility index (Phi) is 4.39. The van der Waals surface area contributed by atoms with Gasteiger partial charge in [-0.05, 0) is 37.0 Å². The summed E-state index contributed by atoms with van der Waals surface area (Å²) < 4.78 is 5.37. The fourth-order valence-corrected chi connectivity index (χ4v) is 2.54. The quantitative estimate of drug-likeness (QED) is 0.801. The number of nitrogen functional groups attached to an aromatic ring is 1. The molecule has 2 aromatic rings. The number of rotatable bonds is 4. The minimum absolute atomic E-state index is 0.194. The van der Waals surface area contributed by atoms with Gasteiger partial charge in [0.15, 0.2) is 0 Å². The Morgan fingerprint density at radius 1 is 1.36 bits per heavy atom. The number of nitrogens with one attached hydrogen (secondary N) is 2. The van der Waals surface area contributed by atoms with Crippen LogP contribution in [0.2, 0.25) is 0 Å². The lowest BCUT2D eigenvalue weighted by atomic mass is 10.0. The van der Waals surface area contributed by atoms with Crippen molar-refractivity contribution in [2.45, 2.75) is 12.8 Å². The highest BCUT2D eigenvalue weighted by Crippen LogP contribution is 2.20.